The van der Waals surface area contributed by atoms with Crippen molar-refractivity contribution < 1.29 is 0 Å². The highest BCUT2D eigenvalue weighted by atomic mass is 15.0. The first kappa shape index (κ1) is 11.9. The van der Waals surface area contributed by atoms with E-state index in [1.165, 1.54) is 32.6 Å². The summed E-state index contributed by atoms with van der Waals surface area (Å²) in [5, 5.41) is 5.23. The van der Waals surface area contributed by atoms with Crippen LogP contribution in [0.5, 0.6) is 0 Å². The summed E-state index contributed by atoms with van der Waals surface area (Å²) in [6.45, 7) is 0.320. The normalized spacial score (nSPS) is 15.5. The van der Waals surface area contributed by atoms with Crippen LogP contribution in [-0.4, -0.2) is 11.7 Å². The van der Waals surface area contributed by atoms with E-state index in [4.69, 9.17) is 0 Å². The van der Waals surface area contributed by atoms with Crippen LogP contribution in [-0.2, 0) is 0 Å². The molecule has 0 unspecified atom stereocenters. The van der Waals surface area contributed by atoms with Gasteiger partial charge in [0.1, 0.15) is 0 Å². The van der Waals surface area contributed by atoms with Crippen LogP contribution in [0.1, 0.15) is 5.56 Å². The van der Waals surface area contributed by atoms with Gasteiger partial charge in [0, 0.05) is 0 Å². The molecule has 0 fully saturated rings. The van der Waals surface area contributed by atoms with Gasteiger partial charge in [-0.25, -0.2) is 0 Å². The van der Waals surface area contributed by atoms with E-state index in [2.05, 4.69) is 89.9 Å². The van der Waals surface area contributed by atoms with E-state index in [0.29, 0.717) is 6.85 Å². The largest absolute Gasteiger partial charge is 0.389 e. The van der Waals surface area contributed by atoms with Gasteiger partial charge in [-0.05, 0) is 75.3 Å². The molecule has 2 aliphatic rings. The molecule has 0 saturated carbocycles. The van der Waals surface area contributed by atoms with Crippen molar-refractivity contribution in [1.29, 1.82) is 0 Å². The minimum absolute atomic E-state index is 0.320. The quantitative estimate of drug-likeness (QED) is 0.442. The maximum Gasteiger partial charge on any atom is 0.320 e. The van der Waals surface area contributed by atoms with Crippen molar-refractivity contribution in [3.63, 3.8) is 0 Å². The van der Waals surface area contributed by atoms with Crippen molar-refractivity contribution in [3.05, 3.63) is 84.6 Å². The van der Waals surface area contributed by atoms with Crippen molar-refractivity contribution in [1.82, 2.24) is 4.81 Å². The molecule has 0 saturated heterocycles. The third-order valence-electron chi connectivity index (χ3n) is 4.64. The summed E-state index contributed by atoms with van der Waals surface area (Å²) in [7, 11) is 0. The number of fused-ring (bicyclic) bond motifs is 5. The van der Waals surface area contributed by atoms with Crippen LogP contribution in [0.15, 0.2) is 79.1 Å². The smallest absolute Gasteiger partial charge is 0.320 e. The maximum absolute atomic E-state index is 2.35. The Morgan fingerprint density at radius 1 is 0.727 bits per heavy atom. The molecule has 5 rings (SSSR count). The highest BCUT2D eigenvalue weighted by Gasteiger charge is 2.26. The molecule has 3 aromatic rings. The van der Waals surface area contributed by atoms with Crippen molar-refractivity contribution in [2.24, 2.45) is 0 Å². The number of rotatable bonds is 0. The fourth-order valence-corrected chi connectivity index (χ4v) is 3.51. The Balaban J connectivity index is 1.80. The average Bonchev–Trinajstić information content (AvgIpc) is 2.58. The van der Waals surface area contributed by atoms with Gasteiger partial charge < -0.3 is 4.81 Å². The third kappa shape index (κ3) is 1.67. The molecule has 0 N–H and O–H groups in total. The molecule has 0 spiro atoms. The SMILES string of the molecule is C1=CB2c3cc4cc5ccccc5cc4cc3C=CN2C=C1. The van der Waals surface area contributed by atoms with Crippen molar-refractivity contribution in [3.8, 4) is 0 Å². The zero-order valence-corrected chi connectivity index (χ0v) is 12.1. The molecule has 0 radical (unpaired) electrons. The third-order valence-corrected chi connectivity index (χ3v) is 4.64. The lowest BCUT2D eigenvalue weighted by Crippen LogP contribution is -2.45. The zero-order valence-electron chi connectivity index (χ0n) is 12.1. The Morgan fingerprint density at radius 2 is 1.50 bits per heavy atom. The van der Waals surface area contributed by atoms with E-state index in [9.17, 15) is 0 Å². The zero-order chi connectivity index (χ0) is 14.5. The van der Waals surface area contributed by atoms with Crippen molar-refractivity contribution in [2.75, 3.05) is 0 Å². The summed E-state index contributed by atoms with van der Waals surface area (Å²) in [5.41, 5.74) is 2.70. The molecule has 22 heavy (non-hydrogen) atoms. The van der Waals surface area contributed by atoms with Gasteiger partial charge in [-0.1, -0.05) is 42.4 Å². The fraction of sp³-hybridized carbons (Fsp3) is 0. The predicted molar refractivity (Wildman–Crippen MR) is 96.0 cm³/mol. The van der Waals surface area contributed by atoms with Crippen LogP contribution >= 0.6 is 0 Å². The molecule has 1 nitrogen and oxygen atoms in total. The van der Waals surface area contributed by atoms with E-state index in [1.807, 2.05) is 0 Å². The first-order chi connectivity index (χ1) is 10.9. The average molecular weight is 279 g/mol. The molecule has 0 aromatic heterocycles. The fourth-order valence-electron chi connectivity index (χ4n) is 3.51. The van der Waals surface area contributed by atoms with E-state index in [1.54, 1.807) is 0 Å². The summed E-state index contributed by atoms with van der Waals surface area (Å²) in [5.74, 6) is 2.26. The van der Waals surface area contributed by atoms with Crippen molar-refractivity contribution in [2.45, 2.75) is 0 Å². The van der Waals surface area contributed by atoms with Gasteiger partial charge in [0.25, 0.3) is 0 Å². The van der Waals surface area contributed by atoms with E-state index in [-0.39, 0.29) is 0 Å². The number of hydrogen-bond acceptors (Lipinski definition) is 1. The van der Waals surface area contributed by atoms with E-state index >= 15 is 0 Å². The lowest BCUT2D eigenvalue weighted by molar-refractivity contribution is 0.797. The lowest BCUT2D eigenvalue weighted by atomic mass is 9.51. The Hall–Kier alpha value is -2.74. The highest BCUT2D eigenvalue weighted by Crippen LogP contribution is 2.26. The van der Waals surface area contributed by atoms with Crippen LogP contribution < -0.4 is 5.46 Å². The molecule has 0 bridgehead atoms. The van der Waals surface area contributed by atoms with Gasteiger partial charge in [-0.3, -0.25) is 0 Å². The summed E-state index contributed by atoms with van der Waals surface area (Å²) < 4.78 is 0. The maximum atomic E-state index is 2.35. The molecule has 0 amide bonds. The number of allylic oxidation sites excluding steroid dienone is 2. The highest BCUT2D eigenvalue weighted by molar-refractivity contribution is 6.77. The number of hydrogen-bond donors (Lipinski definition) is 0. The molecular formula is C20H14BN. The first-order valence-corrected chi connectivity index (χ1v) is 7.66. The van der Waals surface area contributed by atoms with Crippen LogP contribution in [0.25, 0.3) is 27.6 Å². The van der Waals surface area contributed by atoms with Crippen molar-refractivity contribution >= 4 is 39.9 Å². The predicted octanol–water partition coefficient (Wildman–Crippen LogP) is 4.10. The second-order valence-electron chi connectivity index (χ2n) is 5.96. The van der Waals surface area contributed by atoms with Crippen LogP contribution in [0.4, 0.5) is 0 Å². The standard InChI is InChI=1S/C20H14BN/c1-2-6-16-12-19-14-20-17(13-18(19)11-15(16)5-1)7-10-22-9-4-3-8-21(20)22/h1-14H. The molecule has 3 aromatic carbocycles. The summed E-state index contributed by atoms with van der Waals surface area (Å²) in [6.07, 6.45) is 10.7. The molecule has 0 aliphatic carbocycles. The minimum atomic E-state index is 0.320. The van der Waals surface area contributed by atoms with E-state index < -0.39 is 0 Å². The second kappa shape index (κ2) is 4.38. The number of benzene rings is 3. The van der Waals surface area contributed by atoms with Crippen LogP contribution in [0, 0.1) is 0 Å². The first-order valence-electron chi connectivity index (χ1n) is 7.66. The van der Waals surface area contributed by atoms with Gasteiger partial charge >= 0.3 is 6.85 Å². The van der Waals surface area contributed by atoms with Gasteiger partial charge in [-0.15, -0.1) is 0 Å². The Labute approximate surface area is 130 Å². The Morgan fingerprint density at radius 3 is 2.32 bits per heavy atom. The van der Waals surface area contributed by atoms with Gasteiger partial charge in [0.05, 0.1) is 0 Å². The topological polar surface area (TPSA) is 3.24 Å². The summed E-state index contributed by atoms with van der Waals surface area (Å²) in [4.78, 5) is 2.26. The number of nitrogens with zero attached hydrogens (tertiary/aromatic N) is 1. The van der Waals surface area contributed by atoms with Gasteiger partial charge in [-0.2, -0.15) is 0 Å². The second-order valence-corrected chi connectivity index (χ2v) is 5.96. The Kier molecular flexibility index (Phi) is 2.36. The minimum Gasteiger partial charge on any atom is -0.389 e. The monoisotopic (exact) mass is 279 g/mol. The molecular weight excluding hydrogens is 265 g/mol. The molecule has 2 aliphatic heterocycles. The molecule has 102 valence electrons. The van der Waals surface area contributed by atoms with Crippen LogP contribution in [0.2, 0.25) is 0 Å². The van der Waals surface area contributed by atoms with E-state index in [0.717, 1.165) is 0 Å². The summed E-state index contributed by atoms with van der Waals surface area (Å²) >= 11 is 0. The van der Waals surface area contributed by atoms with Gasteiger partial charge in [0.2, 0.25) is 0 Å². The van der Waals surface area contributed by atoms with Gasteiger partial charge in [0.15, 0.2) is 0 Å². The summed E-state index contributed by atoms with van der Waals surface area (Å²) in [6, 6.07) is 17.8. The lowest BCUT2D eigenvalue weighted by Gasteiger charge is -2.29. The molecule has 2 heteroatoms. The molecule has 0 atom stereocenters. The Bertz CT molecular complexity index is 997. The molecule has 2 heterocycles. The van der Waals surface area contributed by atoms with Crippen LogP contribution in [0.3, 0.4) is 0 Å².